The summed E-state index contributed by atoms with van der Waals surface area (Å²) in [6, 6.07) is -0.265. The number of ether oxygens (including phenoxy) is 5. The Morgan fingerprint density at radius 3 is 2.22 bits per heavy atom. The van der Waals surface area contributed by atoms with Gasteiger partial charge in [-0.25, -0.2) is 0 Å². The monoisotopic (exact) mass is 259 g/mol. The minimum absolute atomic E-state index is 0.170. The molecule has 3 aliphatic heterocycles. The molecule has 0 saturated carbocycles. The van der Waals surface area contributed by atoms with Crippen LogP contribution in [0, 0.1) is 0 Å². The van der Waals surface area contributed by atoms with Crippen LogP contribution >= 0.6 is 0 Å². The SMILES string of the molecule is CC1(C)OCC([C@H]2O[C@H]3OC(C)(C)OC3C2N)O1. The van der Waals surface area contributed by atoms with E-state index in [9.17, 15) is 0 Å². The summed E-state index contributed by atoms with van der Waals surface area (Å²) in [7, 11) is 0. The molecule has 3 heterocycles. The van der Waals surface area contributed by atoms with Crippen LogP contribution in [0.15, 0.2) is 0 Å². The van der Waals surface area contributed by atoms with Gasteiger partial charge in [-0.3, -0.25) is 0 Å². The van der Waals surface area contributed by atoms with Gasteiger partial charge in [0.1, 0.15) is 18.3 Å². The van der Waals surface area contributed by atoms with Gasteiger partial charge in [0.25, 0.3) is 0 Å². The van der Waals surface area contributed by atoms with Crippen LogP contribution in [0.3, 0.4) is 0 Å². The molecule has 5 atom stereocenters. The normalized spacial score (nSPS) is 49.5. The molecule has 6 nitrogen and oxygen atoms in total. The first-order valence-corrected chi connectivity index (χ1v) is 6.36. The topological polar surface area (TPSA) is 72.2 Å². The molecule has 0 aromatic rings. The van der Waals surface area contributed by atoms with Crippen molar-refractivity contribution < 1.29 is 23.7 Å². The number of hydrogen-bond donors (Lipinski definition) is 1. The van der Waals surface area contributed by atoms with Gasteiger partial charge in [0.05, 0.1) is 12.6 Å². The van der Waals surface area contributed by atoms with Crippen LogP contribution in [0.1, 0.15) is 27.7 Å². The molecule has 6 heteroatoms. The summed E-state index contributed by atoms with van der Waals surface area (Å²) in [4.78, 5) is 0. The van der Waals surface area contributed by atoms with Crippen molar-refractivity contribution in [3.8, 4) is 0 Å². The van der Waals surface area contributed by atoms with Gasteiger partial charge in [0.2, 0.25) is 0 Å². The Labute approximate surface area is 107 Å². The number of nitrogens with two attached hydrogens (primary N) is 1. The lowest BCUT2D eigenvalue weighted by atomic mass is 10.0. The van der Waals surface area contributed by atoms with Crippen molar-refractivity contribution in [3.05, 3.63) is 0 Å². The van der Waals surface area contributed by atoms with E-state index in [1.54, 1.807) is 0 Å². The predicted octanol–water partition coefficient (Wildman–Crippen LogP) is 0.342. The summed E-state index contributed by atoms with van der Waals surface area (Å²) in [6.07, 6.45) is -1.07. The van der Waals surface area contributed by atoms with E-state index >= 15 is 0 Å². The summed E-state index contributed by atoms with van der Waals surface area (Å²) >= 11 is 0. The zero-order chi connectivity index (χ0) is 13.1. The summed E-state index contributed by atoms with van der Waals surface area (Å²) in [5, 5.41) is 0. The molecule has 0 aromatic carbocycles. The maximum absolute atomic E-state index is 6.19. The van der Waals surface area contributed by atoms with Gasteiger partial charge in [-0.1, -0.05) is 0 Å². The highest BCUT2D eigenvalue weighted by atomic mass is 16.8. The molecule has 2 N–H and O–H groups in total. The maximum atomic E-state index is 6.19. The first kappa shape index (κ1) is 12.8. The molecule has 0 amide bonds. The quantitative estimate of drug-likeness (QED) is 0.732. The third-order valence-corrected chi connectivity index (χ3v) is 3.53. The first-order chi connectivity index (χ1) is 8.27. The highest BCUT2D eigenvalue weighted by molar-refractivity contribution is 4.99. The van der Waals surface area contributed by atoms with Crippen LogP contribution in [-0.2, 0) is 23.7 Å². The van der Waals surface area contributed by atoms with E-state index in [0.717, 1.165) is 0 Å². The lowest BCUT2D eigenvalue weighted by Crippen LogP contribution is -2.47. The lowest BCUT2D eigenvalue weighted by molar-refractivity contribution is -0.222. The van der Waals surface area contributed by atoms with Crippen molar-refractivity contribution in [1.29, 1.82) is 0 Å². The van der Waals surface area contributed by atoms with E-state index in [1.165, 1.54) is 0 Å². The van der Waals surface area contributed by atoms with Crippen LogP contribution in [0.2, 0.25) is 0 Å². The molecule has 3 rings (SSSR count). The number of rotatable bonds is 1. The van der Waals surface area contributed by atoms with E-state index in [0.29, 0.717) is 6.61 Å². The third kappa shape index (κ3) is 2.07. The van der Waals surface area contributed by atoms with Crippen LogP contribution in [0.5, 0.6) is 0 Å². The molecule has 3 saturated heterocycles. The third-order valence-electron chi connectivity index (χ3n) is 3.53. The van der Waals surface area contributed by atoms with Crippen molar-refractivity contribution in [2.24, 2.45) is 5.73 Å². The molecule has 3 aliphatic rings. The van der Waals surface area contributed by atoms with Crippen LogP contribution in [0.4, 0.5) is 0 Å². The smallest absolute Gasteiger partial charge is 0.189 e. The Hall–Kier alpha value is -0.240. The Morgan fingerprint density at radius 1 is 0.944 bits per heavy atom. The zero-order valence-electron chi connectivity index (χ0n) is 11.2. The van der Waals surface area contributed by atoms with Crippen molar-refractivity contribution in [1.82, 2.24) is 0 Å². The maximum Gasteiger partial charge on any atom is 0.189 e. The van der Waals surface area contributed by atoms with E-state index in [1.807, 2.05) is 27.7 Å². The van der Waals surface area contributed by atoms with Gasteiger partial charge in [-0.15, -0.1) is 0 Å². The zero-order valence-corrected chi connectivity index (χ0v) is 11.2. The summed E-state index contributed by atoms with van der Waals surface area (Å²) < 4.78 is 28.6. The Bertz CT molecular complexity index is 345. The molecule has 0 aromatic heterocycles. The van der Waals surface area contributed by atoms with Gasteiger partial charge in [-0.05, 0) is 27.7 Å². The van der Waals surface area contributed by atoms with Crippen molar-refractivity contribution in [2.75, 3.05) is 6.61 Å². The van der Waals surface area contributed by atoms with Crippen LogP contribution < -0.4 is 5.73 Å². The van der Waals surface area contributed by atoms with E-state index in [-0.39, 0.29) is 24.4 Å². The molecule has 0 radical (unpaired) electrons. The second-order valence-corrected chi connectivity index (χ2v) is 6.01. The minimum Gasteiger partial charge on any atom is -0.348 e. The van der Waals surface area contributed by atoms with E-state index in [4.69, 9.17) is 29.4 Å². The van der Waals surface area contributed by atoms with E-state index in [2.05, 4.69) is 0 Å². The Balaban J connectivity index is 1.68. The fourth-order valence-corrected chi connectivity index (χ4v) is 2.77. The van der Waals surface area contributed by atoms with Gasteiger partial charge in [0, 0.05) is 0 Å². The fourth-order valence-electron chi connectivity index (χ4n) is 2.77. The summed E-state index contributed by atoms with van der Waals surface area (Å²) in [5.74, 6) is -1.21. The molecule has 0 aliphatic carbocycles. The van der Waals surface area contributed by atoms with Crippen molar-refractivity contribution in [2.45, 2.75) is 69.9 Å². The molecule has 0 bridgehead atoms. The lowest BCUT2D eigenvalue weighted by Gasteiger charge is -2.26. The number of fused-ring (bicyclic) bond motifs is 1. The standard InChI is InChI=1S/C12H21NO5/c1-11(2)14-5-6(16-11)8-7(13)9-10(15-8)18-12(3,4)17-9/h6-10H,5,13H2,1-4H3/t6?,7?,8-,9?,10+/m1/s1. The summed E-state index contributed by atoms with van der Waals surface area (Å²) in [5.41, 5.74) is 6.19. The number of hydrogen-bond acceptors (Lipinski definition) is 6. The molecule has 104 valence electrons. The van der Waals surface area contributed by atoms with Gasteiger partial charge in [-0.2, -0.15) is 0 Å². The Morgan fingerprint density at radius 2 is 1.67 bits per heavy atom. The second-order valence-electron chi connectivity index (χ2n) is 6.01. The largest absolute Gasteiger partial charge is 0.348 e. The highest BCUT2D eigenvalue weighted by Crippen LogP contribution is 2.39. The van der Waals surface area contributed by atoms with Gasteiger partial charge in [0.15, 0.2) is 17.9 Å². The fraction of sp³-hybridized carbons (Fsp3) is 1.00. The van der Waals surface area contributed by atoms with E-state index < -0.39 is 17.9 Å². The van der Waals surface area contributed by atoms with Crippen LogP contribution in [0.25, 0.3) is 0 Å². The predicted molar refractivity (Wildman–Crippen MR) is 61.6 cm³/mol. The van der Waals surface area contributed by atoms with Gasteiger partial charge >= 0.3 is 0 Å². The minimum atomic E-state index is -0.635. The average Bonchev–Trinajstić information content (AvgIpc) is 2.81. The second kappa shape index (κ2) is 3.88. The molecule has 3 fully saturated rings. The Kier molecular flexibility index (Phi) is 2.75. The molecular formula is C12H21NO5. The molecule has 0 spiro atoms. The average molecular weight is 259 g/mol. The highest BCUT2D eigenvalue weighted by Gasteiger charge is 2.56. The summed E-state index contributed by atoms with van der Waals surface area (Å²) in [6.45, 7) is 7.95. The molecule has 18 heavy (non-hydrogen) atoms. The van der Waals surface area contributed by atoms with Crippen LogP contribution in [-0.4, -0.2) is 48.8 Å². The van der Waals surface area contributed by atoms with Crippen molar-refractivity contribution in [3.63, 3.8) is 0 Å². The van der Waals surface area contributed by atoms with Gasteiger partial charge < -0.3 is 29.4 Å². The first-order valence-electron chi connectivity index (χ1n) is 6.36. The molecular weight excluding hydrogens is 238 g/mol. The van der Waals surface area contributed by atoms with Crippen molar-refractivity contribution >= 4 is 0 Å². The molecule has 3 unspecified atom stereocenters.